The van der Waals surface area contributed by atoms with Crippen LogP contribution in [-0.2, 0) is 27.7 Å². The van der Waals surface area contributed by atoms with Crippen LogP contribution in [0.5, 0.6) is 11.5 Å². The lowest BCUT2D eigenvalue weighted by atomic mass is 10.0. The second-order valence-corrected chi connectivity index (χ2v) is 6.95. The van der Waals surface area contributed by atoms with Crippen molar-refractivity contribution in [2.24, 2.45) is 5.14 Å². The molecule has 7 nitrogen and oxygen atoms in total. The van der Waals surface area contributed by atoms with Gasteiger partial charge in [0.2, 0.25) is 15.9 Å². The van der Waals surface area contributed by atoms with Gasteiger partial charge in [-0.15, -0.1) is 0 Å². The van der Waals surface area contributed by atoms with E-state index >= 15 is 0 Å². The molecule has 1 aromatic carbocycles. The zero-order chi connectivity index (χ0) is 19.9. The van der Waals surface area contributed by atoms with E-state index in [0.29, 0.717) is 29.7 Å². The van der Waals surface area contributed by atoms with Crippen LogP contribution < -0.4 is 19.9 Å². The summed E-state index contributed by atoms with van der Waals surface area (Å²) in [6.07, 6.45) is 3.80. The first-order chi connectivity index (χ1) is 12.2. The lowest BCUT2D eigenvalue weighted by Gasteiger charge is -2.24. The van der Waals surface area contributed by atoms with Crippen LogP contribution in [0.1, 0.15) is 31.9 Å². The fourth-order valence-electron chi connectivity index (χ4n) is 2.65. The van der Waals surface area contributed by atoms with E-state index < -0.39 is 15.9 Å². The van der Waals surface area contributed by atoms with Gasteiger partial charge in [0.1, 0.15) is 18.1 Å². The van der Waals surface area contributed by atoms with Crippen molar-refractivity contribution in [2.45, 2.75) is 38.5 Å². The Bertz CT molecular complexity index is 801. The zero-order valence-corrected chi connectivity index (χ0v) is 16.2. The fraction of sp³-hybridized carbons (Fsp3) is 0.389. The molecule has 0 aliphatic carbocycles. The maximum Gasteiger partial charge on any atom is 0.240 e. The van der Waals surface area contributed by atoms with E-state index in [4.69, 9.17) is 14.6 Å². The molecule has 0 saturated heterocycles. The standard InChI is InChI=1S/C18H26N2O5S/c1-6-10-24-16-13(8-3)15(20-12(5)21)18(26(19,22)23)14(9-4)17(16)25-11-7-2/h6-7H,1-2,8-11H2,3-5H3,(H,20,21)(H2,19,22,23). The van der Waals surface area contributed by atoms with Crippen molar-refractivity contribution in [1.82, 2.24) is 0 Å². The second kappa shape index (κ2) is 9.40. The maximum atomic E-state index is 12.3. The molecule has 0 atom stereocenters. The van der Waals surface area contributed by atoms with Crippen LogP contribution in [-0.4, -0.2) is 27.5 Å². The van der Waals surface area contributed by atoms with Crippen molar-refractivity contribution in [1.29, 1.82) is 0 Å². The van der Waals surface area contributed by atoms with E-state index in [2.05, 4.69) is 18.5 Å². The lowest BCUT2D eigenvalue weighted by Crippen LogP contribution is -2.22. The quantitative estimate of drug-likeness (QED) is 0.605. The Kier molecular flexibility index (Phi) is 7.85. The first-order valence-electron chi connectivity index (χ1n) is 8.22. The van der Waals surface area contributed by atoms with Gasteiger partial charge >= 0.3 is 0 Å². The van der Waals surface area contributed by atoms with Gasteiger partial charge in [0.25, 0.3) is 0 Å². The van der Waals surface area contributed by atoms with Crippen LogP contribution in [0.25, 0.3) is 0 Å². The average Bonchev–Trinajstić information content (AvgIpc) is 2.56. The van der Waals surface area contributed by atoms with Gasteiger partial charge in [-0.2, -0.15) is 0 Å². The molecule has 26 heavy (non-hydrogen) atoms. The number of hydrogen-bond donors (Lipinski definition) is 2. The minimum Gasteiger partial charge on any atom is -0.485 e. The number of amides is 1. The molecule has 0 heterocycles. The molecule has 0 aliphatic rings. The molecule has 1 rings (SSSR count). The average molecular weight is 382 g/mol. The van der Waals surface area contributed by atoms with Gasteiger partial charge in [-0.3, -0.25) is 4.79 Å². The number of primary sulfonamides is 1. The highest BCUT2D eigenvalue weighted by Crippen LogP contribution is 2.45. The highest BCUT2D eigenvalue weighted by molar-refractivity contribution is 7.89. The smallest absolute Gasteiger partial charge is 0.240 e. The van der Waals surface area contributed by atoms with E-state index in [1.54, 1.807) is 19.1 Å². The molecule has 0 spiro atoms. The number of carbonyl (C=O) groups is 1. The van der Waals surface area contributed by atoms with E-state index in [1.165, 1.54) is 6.92 Å². The minimum atomic E-state index is -4.14. The number of nitrogens with two attached hydrogens (primary N) is 1. The molecule has 8 heteroatoms. The molecule has 1 amide bonds. The normalized spacial score (nSPS) is 10.9. The molecule has 144 valence electrons. The summed E-state index contributed by atoms with van der Waals surface area (Å²) >= 11 is 0. The van der Waals surface area contributed by atoms with E-state index in [1.807, 2.05) is 6.92 Å². The van der Waals surface area contributed by atoms with Crippen LogP contribution in [0.3, 0.4) is 0 Å². The largest absolute Gasteiger partial charge is 0.485 e. The molecule has 3 N–H and O–H groups in total. The summed E-state index contributed by atoms with van der Waals surface area (Å²) in [5, 5.41) is 8.06. The van der Waals surface area contributed by atoms with Crippen molar-refractivity contribution in [3.8, 4) is 11.5 Å². The Morgan fingerprint density at radius 1 is 1.08 bits per heavy atom. The number of benzene rings is 1. The third kappa shape index (κ3) is 4.86. The highest BCUT2D eigenvalue weighted by atomic mass is 32.2. The predicted octanol–water partition coefficient (Wildman–Crippen LogP) is 2.55. The fourth-order valence-corrected chi connectivity index (χ4v) is 3.69. The highest BCUT2D eigenvalue weighted by Gasteiger charge is 2.30. The third-order valence-electron chi connectivity index (χ3n) is 3.54. The molecule has 0 fully saturated rings. The van der Waals surface area contributed by atoms with Gasteiger partial charge in [-0.1, -0.05) is 39.2 Å². The molecular formula is C18H26N2O5S. The Balaban J connectivity index is 4.01. The molecule has 0 aromatic heterocycles. The Hall–Kier alpha value is -2.32. The molecule has 0 saturated carbocycles. The van der Waals surface area contributed by atoms with E-state index in [-0.39, 0.29) is 29.5 Å². The number of rotatable bonds is 10. The number of ether oxygens (including phenoxy) is 2. The molecular weight excluding hydrogens is 356 g/mol. The van der Waals surface area contributed by atoms with E-state index in [9.17, 15) is 13.2 Å². The zero-order valence-electron chi connectivity index (χ0n) is 15.4. The summed E-state index contributed by atoms with van der Waals surface area (Å²) < 4.78 is 36.2. The first-order valence-corrected chi connectivity index (χ1v) is 9.76. The Labute approximate surface area is 154 Å². The van der Waals surface area contributed by atoms with Gasteiger partial charge < -0.3 is 14.8 Å². The molecule has 0 radical (unpaired) electrons. The summed E-state index contributed by atoms with van der Waals surface area (Å²) in [6, 6.07) is 0. The van der Waals surface area contributed by atoms with Crippen molar-refractivity contribution < 1.29 is 22.7 Å². The number of carbonyl (C=O) groups excluding carboxylic acids is 1. The van der Waals surface area contributed by atoms with Crippen LogP contribution in [0.2, 0.25) is 0 Å². The minimum absolute atomic E-state index is 0.129. The van der Waals surface area contributed by atoms with Crippen molar-refractivity contribution in [3.05, 3.63) is 36.4 Å². The summed E-state index contributed by atoms with van der Waals surface area (Å²) in [6.45, 7) is 12.5. The predicted molar refractivity (Wildman–Crippen MR) is 102 cm³/mol. The summed E-state index contributed by atoms with van der Waals surface area (Å²) in [4.78, 5) is 11.5. The molecule has 0 unspecified atom stereocenters. The number of anilines is 1. The van der Waals surface area contributed by atoms with Gasteiger partial charge in [-0.25, -0.2) is 13.6 Å². The SMILES string of the molecule is C=CCOc1c(CC)c(NC(C)=O)c(S(N)(=O)=O)c(CC)c1OCC=C. The monoisotopic (exact) mass is 382 g/mol. The number of nitrogens with one attached hydrogen (secondary N) is 1. The van der Waals surface area contributed by atoms with Crippen molar-refractivity contribution in [3.63, 3.8) is 0 Å². The van der Waals surface area contributed by atoms with Gasteiger partial charge in [-0.05, 0) is 12.8 Å². The van der Waals surface area contributed by atoms with Crippen molar-refractivity contribution in [2.75, 3.05) is 18.5 Å². The molecule has 1 aromatic rings. The summed E-state index contributed by atoms with van der Waals surface area (Å²) in [5.74, 6) is 0.229. The van der Waals surface area contributed by atoms with Crippen molar-refractivity contribution >= 4 is 21.6 Å². The third-order valence-corrected chi connectivity index (χ3v) is 4.56. The van der Waals surface area contributed by atoms with Gasteiger partial charge in [0.05, 0.1) is 5.69 Å². The van der Waals surface area contributed by atoms with Gasteiger partial charge in [0.15, 0.2) is 11.5 Å². The van der Waals surface area contributed by atoms with Crippen LogP contribution in [0.15, 0.2) is 30.2 Å². The van der Waals surface area contributed by atoms with Gasteiger partial charge in [0, 0.05) is 18.1 Å². The lowest BCUT2D eigenvalue weighted by molar-refractivity contribution is -0.114. The topological polar surface area (TPSA) is 108 Å². The number of sulfonamides is 1. The molecule has 0 aliphatic heterocycles. The van der Waals surface area contributed by atoms with Crippen LogP contribution in [0, 0.1) is 0 Å². The second-order valence-electron chi connectivity index (χ2n) is 5.45. The maximum absolute atomic E-state index is 12.3. The molecule has 0 bridgehead atoms. The Morgan fingerprint density at radius 2 is 1.54 bits per heavy atom. The van der Waals surface area contributed by atoms with Crippen LogP contribution in [0.4, 0.5) is 5.69 Å². The van der Waals surface area contributed by atoms with Crippen LogP contribution >= 0.6 is 0 Å². The number of hydrogen-bond acceptors (Lipinski definition) is 5. The van der Waals surface area contributed by atoms with E-state index in [0.717, 1.165) is 0 Å². The summed E-state index contributed by atoms with van der Waals surface area (Å²) in [5.41, 5.74) is 0.959. The Morgan fingerprint density at radius 3 is 1.88 bits per heavy atom. The summed E-state index contributed by atoms with van der Waals surface area (Å²) in [7, 11) is -4.14. The first kappa shape index (κ1) is 21.7.